The molecule has 1 aromatic carbocycles. The molecule has 2 heterocycles. The number of aromatic nitrogens is 2. The highest BCUT2D eigenvalue weighted by Gasteiger charge is 2.27. The lowest BCUT2D eigenvalue weighted by molar-refractivity contribution is 0.124. The van der Waals surface area contributed by atoms with Crippen LogP contribution in [0.15, 0.2) is 54.2 Å². The van der Waals surface area contributed by atoms with Gasteiger partial charge in [-0.3, -0.25) is 4.72 Å². The highest BCUT2D eigenvalue weighted by molar-refractivity contribution is 7.97. The zero-order valence-electron chi connectivity index (χ0n) is 20.1. The molecular weight excluding hydrogens is 416 g/mol. The van der Waals surface area contributed by atoms with Gasteiger partial charge in [0.15, 0.2) is 0 Å². The lowest BCUT2D eigenvalue weighted by Crippen LogP contribution is -2.47. The maximum atomic E-state index is 4.39. The van der Waals surface area contributed by atoms with Crippen LogP contribution in [0.2, 0.25) is 0 Å². The Morgan fingerprint density at radius 3 is 2.62 bits per heavy atom. The lowest BCUT2D eigenvalue weighted by Gasteiger charge is -2.39. The average Bonchev–Trinajstić information content (AvgIpc) is 2.82. The van der Waals surface area contributed by atoms with Crippen LogP contribution >= 0.6 is 11.9 Å². The third kappa shape index (κ3) is 8.45. The van der Waals surface area contributed by atoms with Crippen LogP contribution in [-0.4, -0.2) is 40.0 Å². The van der Waals surface area contributed by atoms with Crippen molar-refractivity contribution in [2.24, 2.45) is 0 Å². The Labute approximate surface area is 198 Å². The van der Waals surface area contributed by atoms with E-state index in [0.717, 1.165) is 11.7 Å². The molecule has 1 aliphatic heterocycles. The van der Waals surface area contributed by atoms with Gasteiger partial charge in [-0.25, -0.2) is 4.98 Å². The molecule has 1 aromatic heterocycles. The number of hydrogen-bond acceptors (Lipinski definition) is 7. The number of hydrogen-bond donors (Lipinski definition) is 3. The number of rotatable bonds is 11. The van der Waals surface area contributed by atoms with E-state index in [0.29, 0.717) is 17.8 Å². The molecule has 7 heteroatoms. The minimum absolute atomic E-state index is 0.557. The first-order valence-corrected chi connectivity index (χ1v) is 12.8. The lowest BCUT2D eigenvalue weighted by atomic mass is 9.94. The monoisotopic (exact) mass is 456 g/mol. The van der Waals surface area contributed by atoms with E-state index >= 15 is 0 Å². The number of nitrogens with zero attached hydrogens (tertiary/aromatic N) is 3. The van der Waals surface area contributed by atoms with Crippen LogP contribution in [-0.2, 0) is 0 Å². The molecule has 32 heavy (non-hydrogen) atoms. The van der Waals surface area contributed by atoms with Gasteiger partial charge in [-0.15, -0.1) is 0 Å². The van der Waals surface area contributed by atoms with Crippen LogP contribution in [0.25, 0.3) is 0 Å². The molecule has 0 amide bonds. The van der Waals surface area contributed by atoms with Gasteiger partial charge in [0.25, 0.3) is 0 Å². The summed E-state index contributed by atoms with van der Waals surface area (Å²) in [5, 5.41) is 6.21. The van der Waals surface area contributed by atoms with E-state index in [1.54, 1.807) is 30.4 Å². The van der Waals surface area contributed by atoms with E-state index in [-0.39, 0.29) is 0 Å². The van der Waals surface area contributed by atoms with E-state index in [2.05, 4.69) is 74.9 Å². The summed E-state index contributed by atoms with van der Waals surface area (Å²) >= 11 is 1.74. The van der Waals surface area contributed by atoms with E-state index in [1.807, 2.05) is 13.8 Å². The van der Waals surface area contributed by atoms with Crippen molar-refractivity contribution in [2.45, 2.75) is 76.8 Å². The van der Waals surface area contributed by atoms with Crippen molar-refractivity contribution in [3.63, 3.8) is 0 Å². The van der Waals surface area contributed by atoms with Gasteiger partial charge in [-0.05, 0) is 87.3 Å². The van der Waals surface area contributed by atoms with Crippen molar-refractivity contribution >= 4 is 29.4 Å². The third-order valence-corrected chi connectivity index (χ3v) is 6.29. The average molecular weight is 457 g/mol. The molecule has 2 unspecified atom stereocenters. The molecule has 1 aliphatic rings. The Morgan fingerprint density at radius 2 is 1.94 bits per heavy atom. The molecule has 176 valence electrons. The van der Waals surface area contributed by atoms with Gasteiger partial charge in [-0.2, -0.15) is 4.98 Å². The molecule has 6 nitrogen and oxygen atoms in total. The van der Waals surface area contributed by atoms with Crippen molar-refractivity contribution in [3.8, 4) is 0 Å². The summed E-state index contributed by atoms with van der Waals surface area (Å²) < 4.78 is 3.71. The summed E-state index contributed by atoms with van der Waals surface area (Å²) in [6.45, 7) is 14.7. The van der Waals surface area contributed by atoms with E-state index in [9.17, 15) is 0 Å². The van der Waals surface area contributed by atoms with E-state index < -0.39 is 0 Å². The fourth-order valence-electron chi connectivity index (χ4n) is 3.91. The summed E-state index contributed by atoms with van der Waals surface area (Å²) in [5.74, 6) is 1.27. The fourth-order valence-corrected chi connectivity index (χ4v) is 4.70. The second kappa shape index (κ2) is 14.9. The van der Waals surface area contributed by atoms with Crippen LogP contribution in [0.5, 0.6) is 0 Å². The van der Waals surface area contributed by atoms with Crippen molar-refractivity contribution in [1.82, 2.24) is 19.6 Å². The highest BCUT2D eigenvalue weighted by atomic mass is 32.2. The maximum Gasteiger partial charge on any atom is 0.229 e. The smallest absolute Gasteiger partial charge is 0.229 e. The first-order chi connectivity index (χ1) is 15.7. The topological polar surface area (TPSA) is 65.1 Å². The minimum Gasteiger partial charge on any atom is -0.347 e. The summed E-state index contributed by atoms with van der Waals surface area (Å²) in [7, 11) is 0. The Bertz CT molecular complexity index is 782. The number of nitrogens with one attached hydrogen (secondary N) is 3. The van der Waals surface area contributed by atoms with Crippen molar-refractivity contribution in [3.05, 3.63) is 49.3 Å². The minimum atomic E-state index is 0.557. The van der Waals surface area contributed by atoms with Crippen molar-refractivity contribution < 1.29 is 0 Å². The van der Waals surface area contributed by atoms with Crippen LogP contribution < -0.4 is 15.4 Å². The van der Waals surface area contributed by atoms with Gasteiger partial charge in [-0.1, -0.05) is 40.7 Å². The quantitative estimate of drug-likeness (QED) is 0.336. The maximum absolute atomic E-state index is 4.39. The predicted molar refractivity (Wildman–Crippen MR) is 139 cm³/mol. The van der Waals surface area contributed by atoms with Crippen LogP contribution in [0.1, 0.15) is 59.8 Å². The van der Waals surface area contributed by atoms with Gasteiger partial charge in [0, 0.05) is 28.9 Å². The fraction of sp³-hybridized carbons (Fsp3) is 0.520. The number of piperidine rings is 1. The van der Waals surface area contributed by atoms with Gasteiger partial charge in [0.1, 0.15) is 5.82 Å². The zero-order valence-corrected chi connectivity index (χ0v) is 20.9. The first kappa shape index (κ1) is 26.2. The van der Waals surface area contributed by atoms with Crippen molar-refractivity contribution in [2.75, 3.05) is 23.7 Å². The molecule has 0 radical (unpaired) electrons. The molecule has 3 N–H and O–H groups in total. The molecule has 0 saturated carbocycles. The van der Waals surface area contributed by atoms with Gasteiger partial charge in [0.05, 0.1) is 0 Å². The van der Waals surface area contributed by atoms with E-state index in [1.165, 1.54) is 50.1 Å². The van der Waals surface area contributed by atoms with Gasteiger partial charge < -0.3 is 15.5 Å². The molecule has 1 fully saturated rings. The van der Waals surface area contributed by atoms with Gasteiger partial charge >= 0.3 is 0 Å². The normalized spacial score (nSPS) is 18.4. The summed E-state index contributed by atoms with van der Waals surface area (Å²) in [4.78, 5) is 12.6. The Morgan fingerprint density at radius 1 is 1.16 bits per heavy atom. The molecule has 2 atom stereocenters. The first-order valence-electron chi connectivity index (χ1n) is 12.0. The molecular formula is C25H40N6S. The molecule has 0 bridgehead atoms. The third-order valence-electron chi connectivity index (χ3n) is 5.33. The molecule has 1 saturated heterocycles. The molecule has 2 aromatic rings. The summed E-state index contributed by atoms with van der Waals surface area (Å²) in [6, 6.07) is 11.5. The zero-order chi connectivity index (χ0) is 23.2. The molecule has 0 aliphatic carbocycles. The Kier molecular flexibility index (Phi) is 12.2. The van der Waals surface area contributed by atoms with Crippen molar-refractivity contribution in [1.29, 1.82) is 0 Å². The second-order valence-corrected chi connectivity index (χ2v) is 8.59. The number of benzene rings is 1. The Balaban J connectivity index is 0.00000176. The Hall–Kier alpha value is -2.09. The summed E-state index contributed by atoms with van der Waals surface area (Å²) in [6.07, 6.45) is 9.58. The predicted octanol–water partition coefficient (Wildman–Crippen LogP) is 6.44. The largest absolute Gasteiger partial charge is 0.347 e. The molecule has 3 rings (SSSR count). The van der Waals surface area contributed by atoms with Gasteiger partial charge in [0.2, 0.25) is 5.95 Å². The van der Waals surface area contributed by atoms with E-state index in [4.69, 9.17) is 0 Å². The summed E-state index contributed by atoms with van der Waals surface area (Å²) in [5.41, 5.74) is 0.964. The number of likely N-dealkylation sites (tertiary alicyclic amines) is 1. The van der Waals surface area contributed by atoms with Crippen LogP contribution in [0, 0.1) is 0 Å². The van der Waals surface area contributed by atoms with Crippen LogP contribution in [0.3, 0.4) is 0 Å². The second-order valence-electron chi connectivity index (χ2n) is 7.68. The standard InChI is InChI=1S/C23H34N6S.C2H6/c1-4-7-20-17-19(13-16-29(20)15-5-2)28-30-21-10-8-18(9-11-21)26-23-25-14-12-22(27-23)24-6-3;1-2/h6,8-12,14,19-20,28H,3-5,7,13,15-17H2,1-2H3,(H2,24,25,26,27);1-2H3. The SMILES string of the molecule is C=CNc1ccnc(Nc2ccc(SNC3CCN(CCC)C(CCC)C3)cc2)n1.CC. The highest BCUT2D eigenvalue weighted by Crippen LogP contribution is 2.26. The molecule has 0 spiro atoms. The number of anilines is 3. The van der Waals surface area contributed by atoms with Crippen LogP contribution in [0.4, 0.5) is 17.5 Å².